The van der Waals surface area contributed by atoms with Crippen molar-refractivity contribution in [1.82, 2.24) is 19.5 Å². The largest absolute Gasteiger partial charge is 0.417 e. The number of hydrogen-bond acceptors (Lipinski definition) is 3. The van der Waals surface area contributed by atoms with Crippen molar-refractivity contribution >= 4 is 11.6 Å². The number of rotatable bonds is 3. The van der Waals surface area contributed by atoms with Crippen LogP contribution >= 0.6 is 0 Å². The molecule has 2 aromatic rings. The molecule has 5 nitrogen and oxygen atoms in total. The summed E-state index contributed by atoms with van der Waals surface area (Å²) in [6, 6.07) is 2.33. The molecule has 3 rings (SSSR count). The van der Waals surface area contributed by atoms with Crippen LogP contribution in [0.4, 0.5) is 13.2 Å². The van der Waals surface area contributed by atoms with Gasteiger partial charge in [0.25, 0.3) is 0 Å². The number of carbonyl (C=O) groups excluding carboxylic acids is 1. The van der Waals surface area contributed by atoms with E-state index in [1.54, 1.807) is 4.90 Å². The minimum absolute atomic E-state index is 0.0898. The summed E-state index contributed by atoms with van der Waals surface area (Å²) in [6.45, 7) is 3.12. The fourth-order valence-electron chi connectivity index (χ4n) is 3.14. The third kappa shape index (κ3) is 3.22. The number of pyridine rings is 1. The predicted octanol–water partition coefficient (Wildman–Crippen LogP) is 3.25. The summed E-state index contributed by atoms with van der Waals surface area (Å²) in [7, 11) is 0. The highest BCUT2D eigenvalue weighted by Crippen LogP contribution is 2.31. The van der Waals surface area contributed by atoms with Crippen molar-refractivity contribution in [3.8, 4) is 0 Å². The molecule has 0 spiro atoms. The average Bonchev–Trinajstić information content (AvgIpc) is 2.97. The molecule has 1 amide bonds. The Morgan fingerprint density at radius 3 is 2.83 bits per heavy atom. The molecule has 2 aromatic heterocycles. The second-order valence-corrected chi connectivity index (χ2v) is 6.13. The summed E-state index contributed by atoms with van der Waals surface area (Å²) >= 11 is 0. The number of fused-ring (bicyclic) bond motifs is 1. The summed E-state index contributed by atoms with van der Waals surface area (Å²) < 4.78 is 40.2. The lowest BCUT2D eigenvalue weighted by Gasteiger charge is -2.32. The Morgan fingerprint density at radius 2 is 2.12 bits per heavy atom. The van der Waals surface area contributed by atoms with Crippen molar-refractivity contribution in [3.05, 3.63) is 29.7 Å². The van der Waals surface area contributed by atoms with E-state index in [2.05, 4.69) is 10.2 Å². The zero-order valence-electron chi connectivity index (χ0n) is 13.4. The van der Waals surface area contributed by atoms with Crippen molar-refractivity contribution < 1.29 is 18.0 Å². The molecule has 3 heterocycles. The highest BCUT2D eigenvalue weighted by Gasteiger charge is 2.32. The number of amides is 1. The topological polar surface area (TPSA) is 50.5 Å². The lowest BCUT2D eigenvalue weighted by Crippen LogP contribution is -2.39. The summed E-state index contributed by atoms with van der Waals surface area (Å²) in [5.74, 6) is 0.482. The Labute approximate surface area is 137 Å². The lowest BCUT2D eigenvalue weighted by molar-refractivity contribution is -0.137. The van der Waals surface area contributed by atoms with E-state index in [1.807, 2.05) is 6.92 Å². The number of halogens is 3. The normalized spacial score (nSPS) is 19.0. The molecule has 1 atom stereocenters. The maximum atomic E-state index is 12.9. The summed E-state index contributed by atoms with van der Waals surface area (Å²) in [5.41, 5.74) is -0.346. The number of piperidine rings is 1. The number of hydrogen-bond donors (Lipinski definition) is 0. The molecule has 130 valence electrons. The summed E-state index contributed by atoms with van der Waals surface area (Å²) in [5, 5.41) is 8.05. The van der Waals surface area contributed by atoms with Crippen LogP contribution in [0.3, 0.4) is 0 Å². The number of likely N-dealkylation sites (tertiary alicyclic amines) is 1. The molecule has 24 heavy (non-hydrogen) atoms. The molecule has 0 N–H and O–H groups in total. The van der Waals surface area contributed by atoms with E-state index in [0.717, 1.165) is 31.5 Å². The Balaban J connectivity index is 1.89. The van der Waals surface area contributed by atoms with Crippen molar-refractivity contribution in [3.63, 3.8) is 0 Å². The molecule has 1 aliphatic heterocycles. The highest BCUT2D eigenvalue weighted by atomic mass is 19.4. The van der Waals surface area contributed by atoms with Crippen LogP contribution in [0.25, 0.3) is 5.65 Å². The number of carbonyl (C=O) groups is 1. The fourth-order valence-corrected chi connectivity index (χ4v) is 3.14. The van der Waals surface area contributed by atoms with Crippen molar-refractivity contribution in [2.24, 2.45) is 0 Å². The molecule has 1 fully saturated rings. The first kappa shape index (κ1) is 16.7. The summed E-state index contributed by atoms with van der Waals surface area (Å²) in [4.78, 5) is 13.9. The van der Waals surface area contributed by atoms with Gasteiger partial charge in [0.05, 0.1) is 5.56 Å². The average molecular weight is 340 g/mol. The van der Waals surface area contributed by atoms with Crippen LogP contribution in [0.5, 0.6) is 0 Å². The van der Waals surface area contributed by atoms with E-state index in [1.165, 1.54) is 10.5 Å². The number of alkyl halides is 3. The molecule has 1 unspecified atom stereocenters. The van der Waals surface area contributed by atoms with Crippen molar-refractivity contribution in [1.29, 1.82) is 0 Å². The fraction of sp³-hybridized carbons (Fsp3) is 0.562. The molecule has 1 aliphatic rings. The van der Waals surface area contributed by atoms with Gasteiger partial charge in [-0.25, -0.2) is 0 Å². The zero-order chi connectivity index (χ0) is 17.3. The predicted molar refractivity (Wildman–Crippen MR) is 81.5 cm³/mol. The molecular formula is C16H19F3N4O. The van der Waals surface area contributed by atoms with E-state index in [9.17, 15) is 18.0 Å². The number of nitrogens with zero attached hydrogens (tertiary/aromatic N) is 4. The van der Waals surface area contributed by atoms with Gasteiger partial charge in [0, 0.05) is 31.6 Å². The van der Waals surface area contributed by atoms with Gasteiger partial charge in [-0.05, 0) is 31.4 Å². The molecule has 8 heteroatoms. The van der Waals surface area contributed by atoms with Crippen LogP contribution < -0.4 is 0 Å². The maximum absolute atomic E-state index is 12.9. The van der Waals surface area contributed by atoms with Crippen LogP contribution in [-0.2, 0) is 11.0 Å². The van der Waals surface area contributed by atoms with Gasteiger partial charge in [-0.1, -0.05) is 6.92 Å². The summed E-state index contributed by atoms with van der Waals surface area (Å²) in [6.07, 6.45) is -0.502. The van der Waals surface area contributed by atoms with Crippen molar-refractivity contribution in [2.45, 2.75) is 44.7 Å². The minimum Gasteiger partial charge on any atom is -0.342 e. The van der Waals surface area contributed by atoms with Crippen LogP contribution in [0.1, 0.15) is 49.9 Å². The first-order valence-electron chi connectivity index (χ1n) is 8.09. The molecular weight excluding hydrogens is 321 g/mol. The monoisotopic (exact) mass is 340 g/mol. The van der Waals surface area contributed by atoms with Gasteiger partial charge in [-0.2, -0.15) is 13.2 Å². The van der Waals surface area contributed by atoms with Crippen LogP contribution in [0.15, 0.2) is 18.3 Å². The second-order valence-electron chi connectivity index (χ2n) is 6.13. The van der Waals surface area contributed by atoms with E-state index in [0.29, 0.717) is 31.0 Å². The molecule has 0 bridgehead atoms. The van der Waals surface area contributed by atoms with E-state index >= 15 is 0 Å². The van der Waals surface area contributed by atoms with Gasteiger partial charge < -0.3 is 4.90 Å². The van der Waals surface area contributed by atoms with E-state index in [4.69, 9.17) is 0 Å². The molecule has 1 saturated heterocycles. The standard InChI is InChI=1S/C16H19F3N4O/c1-2-4-14(24)22-8-3-5-11(9-22)15-21-20-13-7-6-12(10-23(13)15)16(17,18)19/h6-7,10-11H,2-5,8-9H2,1H3. The Hall–Kier alpha value is -2.12. The van der Waals surface area contributed by atoms with Gasteiger partial charge in [-0.3, -0.25) is 9.20 Å². The molecule has 0 radical (unpaired) electrons. The first-order chi connectivity index (χ1) is 11.4. The van der Waals surface area contributed by atoms with Gasteiger partial charge in [-0.15, -0.1) is 10.2 Å². The highest BCUT2D eigenvalue weighted by molar-refractivity contribution is 5.76. The number of aromatic nitrogens is 3. The molecule has 0 aromatic carbocycles. The van der Waals surface area contributed by atoms with Crippen LogP contribution in [0.2, 0.25) is 0 Å². The van der Waals surface area contributed by atoms with Gasteiger partial charge in [0.2, 0.25) is 5.91 Å². The maximum Gasteiger partial charge on any atom is 0.417 e. The molecule has 0 saturated carbocycles. The van der Waals surface area contributed by atoms with Gasteiger partial charge in [0.15, 0.2) is 5.65 Å². The first-order valence-corrected chi connectivity index (χ1v) is 8.09. The Bertz CT molecular complexity index is 740. The molecule has 0 aliphatic carbocycles. The van der Waals surface area contributed by atoms with Gasteiger partial charge in [0.1, 0.15) is 5.82 Å². The van der Waals surface area contributed by atoms with E-state index < -0.39 is 11.7 Å². The third-order valence-electron chi connectivity index (χ3n) is 4.36. The minimum atomic E-state index is -4.41. The van der Waals surface area contributed by atoms with Gasteiger partial charge >= 0.3 is 6.18 Å². The van der Waals surface area contributed by atoms with Crippen molar-refractivity contribution in [2.75, 3.05) is 13.1 Å². The SMILES string of the molecule is CCCC(=O)N1CCCC(c2nnc3ccc(C(F)(F)F)cn23)C1. The smallest absolute Gasteiger partial charge is 0.342 e. The second kappa shape index (κ2) is 6.41. The third-order valence-corrected chi connectivity index (χ3v) is 4.36. The Morgan fingerprint density at radius 1 is 1.33 bits per heavy atom. The quantitative estimate of drug-likeness (QED) is 0.862. The lowest BCUT2D eigenvalue weighted by atomic mass is 9.96. The van der Waals surface area contributed by atoms with Crippen LogP contribution in [0, 0.1) is 0 Å². The Kier molecular flexibility index (Phi) is 4.47. The zero-order valence-corrected chi connectivity index (χ0v) is 13.4. The van der Waals surface area contributed by atoms with Crippen LogP contribution in [-0.4, -0.2) is 38.5 Å². The van der Waals surface area contributed by atoms with E-state index in [-0.39, 0.29) is 11.8 Å².